The lowest BCUT2D eigenvalue weighted by molar-refractivity contribution is -0.0567. The second-order valence-corrected chi connectivity index (χ2v) is 10.4. The van der Waals surface area contributed by atoms with Crippen LogP contribution in [0.1, 0.15) is 48.0 Å². The minimum absolute atomic E-state index is 0.0382. The van der Waals surface area contributed by atoms with Crippen molar-refractivity contribution in [3.8, 4) is 29.0 Å². The van der Waals surface area contributed by atoms with Gasteiger partial charge in [0.25, 0.3) is 5.91 Å². The smallest absolute Gasteiger partial charge is 0.260 e. The molecule has 6 rings (SSSR count). The van der Waals surface area contributed by atoms with Crippen molar-refractivity contribution in [2.24, 2.45) is 0 Å². The zero-order chi connectivity index (χ0) is 28.2. The molecule has 3 fully saturated rings. The fourth-order valence-electron chi connectivity index (χ4n) is 5.68. The number of amides is 1. The zero-order valence-corrected chi connectivity index (χ0v) is 22.9. The average molecular weight is 557 g/mol. The summed E-state index contributed by atoms with van der Waals surface area (Å²) in [5.74, 6) is 1.46. The van der Waals surface area contributed by atoms with E-state index in [2.05, 4.69) is 26.3 Å². The highest BCUT2D eigenvalue weighted by Crippen LogP contribution is 2.32. The van der Waals surface area contributed by atoms with Gasteiger partial charge in [0.2, 0.25) is 11.8 Å². The number of nitriles is 1. The van der Waals surface area contributed by atoms with E-state index < -0.39 is 0 Å². The summed E-state index contributed by atoms with van der Waals surface area (Å²) in [5.41, 5.74) is 2.25. The summed E-state index contributed by atoms with van der Waals surface area (Å²) >= 11 is 0. The van der Waals surface area contributed by atoms with Gasteiger partial charge in [-0.1, -0.05) is 0 Å². The van der Waals surface area contributed by atoms with Crippen LogP contribution >= 0.6 is 0 Å². The van der Waals surface area contributed by atoms with Gasteiger partial charge in [0.1, 0.15) is 29.3 Å². The number of anilines is 2. The lowest BCUT2D eigenvalue weighted by Crippen LogP contribution is -2.57. The Balaban J connectivity index is 1.19. The van der Waals surface area contributed by atoms with Crippen LogP contribution in [0, 0.1) is 11.3 Å². The molecule has 2 bridgehead atoms. The van der Waals surface area contributed by atoms with Crippen LogP contribution in [0.3, 0.4) is 0 Å². The monoisotopic (exact) mass is 556 g/mol. The molecule has 0 spiro atoms. The first-order valence-corrected chi connectivity index (χ1v) is 14.0. The molecule has 2 aromatic heterocycles. The topological polar surface area (TPSA) is 132 Å². The van der Waals surface area contributed by atoms with E-state index in [9.17, 15) is 10.1 Å². The van der Waals surface area contributed by atoms with Crippen LogP contribution in [0.4, 0.5) is 11.8 Å². The molecule has 2 atom stereocenters. The Morgan fingerprint density at radius 3 is 2.61 bits per heavy atom. The highest BCUT2D eigenvalue weighted by Gasteiger charge is 2.39. The molecule has 5 heterocycles. The van der Waals surface area contributed by atoms with Crippen molar-refractivity contribution in [1.82, 2.24) is 19.9 Å². The van der Waals surface area contributed by atoms with Crippen molar-refractivity contribution in [2.75, 3.05) is 38.9 Å². The quantitative estimate of drug-likeness (QED) is 0.453. The molecular weight excluding hydrogens is 524 g/mol. The van der Waals surface area contributed by atoms with E-state index >= 15 is 0 Å². The number of carbonyl (C=O) groups excluding carboxylic acids is 1. The number of ether oxygens (including phenoxy) is 4. The fraction of sp³-hybridized carbons (Fsp3) is 0.433. The third-order valence-electron chi connectivity index (χ3n) is 7.75. The molecule has 41 heavy (non-hydrogen) atoms. The molecule has 3 aromatic rings. The molecule has 1 aromatic carbocycles. The van der Waals surface area contributed by atoms with E-state index in [1.54, 1.807) is 30.5 Å². The largest absolute Gasteiger partial charge is 0.489 e. The summed E-state index contributed by atoms with van der Waals surface area (Å²) < 4.78 is 22.7. The molecule has 1 amide bonds. The normalized spacial score (nSPS) is 20.6. The average Bonchev–Trinajstić information content (AvgIpc) is 3.01. The van der Waals surface area contributed by atoms with Crippen LogP contribution in [0.2, 0.25) is 0 Å². The Morgan fingerprint density at radius 2 is 1.85 bits per heavy atom. The second kappa shape index (κ2) is 12.1. The number of hydrogen-bond acceptors (Lipinski definition) is 10. The first-order valence-electron chi connectivity index (χ1n) is 14.0. The van der Waals surface area contributed by atoms with Crippen molar-refractivity contribution >= 4 is 17.7 Å². The number of piperidine rings is 1. The van der Waals surface area contributed by atoms with E-state index in [-0.39, 0.29) is 30.0 Å². The van der Waals surface area contributed by atoms with Gasteiger partial charge < -0.3 is 29.2 Å². The number of aromatic nitrogens is 3. The molecule has 0 radical (unpaired) electrons. The van der Waals surface area contributed by atoms with Gasteiger partial charge >= 0.3 is 0 Å². The minimum atomic E-state index is -0.0882. The van der Waals surface area contributed by atoms with Crippen LogP contribution in [0.5, 0.6) is 11.6 Å². The number of benzene rings is 1. The summed E-state index contributed by atoms with van der Waals surface area (Å²) in [4.78, 5) is 29.0. The van der Waals surface area contributed by atoms with Crippen LogP contribution in [0.25, 0.3) is 11.3 Å². The fourth-order valence-corrected chi connectivity index (χ4v) is 5.68. The number of fused-ring (bicyclic) bond motifs is 2. The zero-order valence-electron chi connectivity index (χ0n) is 22.9. The first kappa shape index (κ1) is 26.9. The van der Waals surface area contributed by atoms with Gasteiger partial charge in [-0.15, -0.1) is 0 Å². The molecule has 3 saturated heterocycles. The molecule has 2 unspecified atom stereocenters. The number of rotatable bonds is 7. The van der Waals surface area contributed by atoms with Gasteiger partial charge in [0.15, 0.2) is 0 Å². The number of nitrogens with zero attached hydrogens (tertiary/aromatic N) is 5. The number of hydrogen-bond donors (Lipinski definition) is 1. The number of nitrogens with one attached hydrogen (secondary N) is 1. The van der Waals surface area contributed by atoms with Crippen molar-refractivity contribution in [3.05, 3.63) is 53.7 Å². The molecule has 0 aliphatic carbocycles. The van der Waals surface area contributed by atoms with Crippen LogP contribution in [0.15, 0.2) is 42.6 Å². The van der Waals surface area contributed by atoms with Gasteiger partial charge in [-0.3, -0.25) is 4.79 Å². The summed E-state index contributed by atoms with van der Waals surface area (Å²) in [6, 6.07) is 13.1. The molecule has 3 aliphatic heterocycles. The first-order chi connectivity index (χ1) is 20.1. The van der Waals surface area contributed by atoms with Gasteiger partial charge in [-0.2, -0.15) is 10.2 Å². The summed E-state index contributed by atoms with van der Waals surface area (Å²) in [6.45, 7) is 2.45. The van der Waals surface area contributed by atoms with E-state index in [1.165, 1.54) is 7.11 Å². The second-order valence-electron chi connectivity index (χ2n) is 10.4. The van der Waals surface area contributed by atoms with Crippen LogP contribution < -0.4 is 14.8 Å². The Morgan fingerprint density at radius 1 is 1.05 bits per heavy atom. The highest BCUT2D eigenvalue weighted by atomic mass is 16.5. The van der Waals surface area contributed by atoms with Gasteiger partial charge in [0.05, 0.1) is 56.9 Å². The number of methoxy groups -OCH3 is 1. The molecule has 1 N–H and O–H groups in total. The van der Waals surface area contributed by atoms with E-state index in [4.69, 9.17) is 18.9 Å². The summed E-state index contributed by atoms with van der Waals surface area (Å²) in [6.07, 6.45) is 6.25. The lowest BCUT2D eigenvalue weighted by Gasteiger charge is -2.45. The van der Waals surface area contributed by atoms with Crippen molar-refractivity contribution < 1.29 is 23.7 Å². The maximum atomic E-state index is 13.5. The predicted octanol–water partition coefficient (Wildman–Crippen LogP) is 4.11. The molecule has 3 aliphatic rings. The van der Waals surface area contributed by atoms with Crippen molar-refractivity contribution in [1.29, 1.82) is 5.26 Å². The maximum absolute atomic E-state index is 13.5. The lowest BCUT2D eigenvalue weighted by atomic mass is 9.93. The van der Waals surface area contributed by atoms with Gasteiger partial charge in [0, 0.05) is 24.6 Å². The Labute approximate surface area is 238 Å². The van der Waals surface area contributed by atoms with Crippen molar-refractivity contribution in [3.63, 3.8) is 0 Å². The van der Waals surface area contributed by atoms with Crippen molar-refractivity contribution in [2.45, 2.75) is 50.3 Å². The predicted molar refractivity (Wildman–Crippen MR) is 149 cm³/mol. The third-order valence-corrected chi connectivity index (χ3v) is 7.75. The molecule has 11 heteroatoms. The Hall–Kier alpha value is -4.27. The van der Waals surface area contributed by atoms with Gasteiger partial charge in [-0.05, 0) is 55.7 Å². The third kappa shape index (κ3) is 5.80. The summed E-state index contributed by atoms with van der Waals surface area (Å²) in [7, 11) is 1.50. The molecule has 0 saturated carbocycles. The molecule has 11 nitrogen and oxygen atoms in total. The Bertz CT molecular complexity index is 1430. The van der Waals surface area contributed by atoms with Gasteiger partial charge in [-0.25, -0.2) is 9.97 Å². The molecule has 212 valence electrons. The number of morpholine rings is 1. The summed E-state index contributed by atoms with van der Waals surface area (Å²) in [5, 5.41) is 12.9. The highest BCUT2D eigenvalue weighted by molar-refractivity contribution is 5.97. The van der Waals surface area contributed by atoms with E-state index in [0.717, 1.165) is 37.7 Å². The SMILES string of the molecule is COc1nc(Nc2nccc(-c3ccc(OC4CCOCC4)c(C#N)c3)n2)ccc1C(=O)N1C2CCCC1COC2. The van der Waals surface area contributed by atoms with E-state index in [0.29, 0.717) is 60.8 Å². The number of pyridine rings is 1. The molecular formula is C30H32N6O5. The van der Waals surface area contributed by atoms with Crippen LogP contribution in [-0.4, -0.2) is 77.5 Å². The van der Waals surface area contributed by atoms with Crippen LogP contribution in [-0.2, 0) is 9.47 Å². The standard InChI is InChI=1S/C30H32N6O5/c1-38-28-24(29(37)36-21-3-2-4-22(36)18-40-17-21)6-8-27(34-28)35-30-32-12-9-25(33-30)19-5-7-26(20(15-19)16-31)41-23-10-13-39-14-11-23/h5-9,12,15,21-23H,2-4,10-11,13-14,17-18H2,1H3,(H,32,33,34,35). The van der Waals surface area contributed by atoms with E-state index in [1.807, 2.05) is 17.0 Å². The Kier molecular flexibility index (Phi) is 7.93. The maximum Gasteiger partial charge on any atom is 0.260 e. The minimum Gasteiger partial charge on any atom is -0.489 e. The number of carbonyl (C=O) groups is 1.